The first-order valence-electron chi connectivity index (χ1n) is 4.40. The number of hydrogen-bond acceptors (Lipinski definition) is 4. The Kier molecular flexibility index (Phi) is 4.09. The monoisotopic (exact) mass is 204 g/mol. The molecule has 0 aliphatic rings. The smallest absolute Gasteiger partial charge is 0.208 e. The SMILES string of the molecule is N=C(/C=C(\N)C=O)OCc1ccccc1. The summed E-state index contributed by atoms with van der Waals surface area (Å²) < 4.78 is 5.07. The molecule has 0 saturated carbocycles. The molecule has 1 aromatic rings. The highest BCUT2D eigenvalue weighted by atomic mass is 16.5. The van der Waals surface area contributed by atoms with Crippen molar-refractivity contribution in [3.63, 3.8) is 0 Å². The molecule has 0 aliphatic heterocycles. The van der Waals surface area contributed by atoms with Crippen molar-refractivity contribution in [1.82, 2.24) is 0 Å². The van der Waals surface area contributed by atoms with Gasteiger partial charge in [0.05, 0.1) is 5.70 Å². The summed E-state index contributed by atoms with van der Waals surface area (Å²) in [5, 5.41) is 7.33. The molecule has 4 nitrogen and oxygen atoms in total. The molecule has 0 atom stereocenters. The van der Waals surface area contributed by atoms with Crippen LogP contribution in [0.3, 0.4) is 0 Å². The Balaban J connectivity index is 2.45. The van der Waals surface area contributed by atoms with Gasteiger partial charge >= 0.3 is 0 Å². The summed E-state index contributed by atoms with van der Waals surface area (Å²) in [7, 11) is 0. The molecule has 0 aromatic heterocycles. The van der Waals surface area contributed by atoms with Crippen LogP contribution in [0.5, 0.6) is 0 Å². The Morgan fingerprint density at radius 1 is 1.40 bits per heavy atom. The first-order valence-corrected chi connectivity index (χ1v) is 4.40. The fraction of sp³-hybridized carbons (Fsp3) is 0.0909. The summed E-state index contributed by atoms with van der Waals surface area (Å²) >= 11 is 0. The van der Waals surface area contributed by atoms with Crippen molar-refractivity contribution >= 4 is 12.2 Å². The Labute approximate surface area is 87.9 Å². The van der Waals surface area contributed by atoms with Crippen LogP contribution < -0.4 is 5.73 Å². The van der Waals surface area contributed by atoms with E-state index in [1.54, 1.807) is 0 Å². The molecule has 78 valence electrons. The van der Waals surface area contributed by atoms with Gasteiger partial charge in [0.15, 0.2) is 6.29 Å². The number of ether oxygens (including phenoxy) is 1. The maximum atomic E-state index is 10.2. The molecule has 0 aliphatic carbocycles. The number of carbonyl (C=O) groups excluding carboxylic acids is 1. The highest BCUT2D eigenvalue weighted by Gasteiger charge is 1.96. The van der Waals surface area contributed by atoms with Gasteiger partial charge in [-0.1, -0.05) is 30.3 Å². The molecule has 0 saturated heterocycles. The number of rotatable bonds is 4. The summed E-state index contributed by atoms with van der Waals surface area (Å²) in [5.74, 6) is -0.122. The quantitative estimate of drug-likeness (QED) is 0.335. The number of allylic oxidation sites excluding steroid dienone is 1. The lowest BCUT2D eigenvalue weighted by Gasteiger charge is -2.03. The summed E-state index contributed by atoms with van der Waals surface area (Å²) in [6.07, 6.45) is 1.65. The van der Waals surface area contributed by atoms with E-state index in [0.29, 0.717) is 12.9 Å². The summed E-state index contributed by atoms with van der Waals surface area (Å²) in [4.78, 5) is 10.2. The van der Waals surface area contributed by atoms with E-state index in [1.807, 2.05) is 30.3 Å². The molecule has 3 N–H and O–H groups in total. The van der Waals surface area contributed by atoms with E-state index in [2.05, 4.69) is 0 Å². The van der Waals surface area contributed by atoms with E-state index in [0.717, 1.165) is 5.56 Å². The van der Waals surface area contributed by atoms with Crippen LogP contribution in [-0.2, 0) is 16.1 Å². The lowest BCUT2D eigenvalue weighted by atomic mass is 10.2. The molecule has 1 aromatic carbocycles. The highest BCUT2D eigenvalue weighted by molar-refractivity contribution is 5.90. The molecule has 1 rings (SSSR count). The van der Waals surface area contributed by atoms with Crippen LogP contribution in [0.25, 0.3) is 0 Å². The third-order valence-corrected chi connectivity index (χ3v) is 1.67. The molecule has 4 heteroatoms. The molecular weight excluding hydrogens is 192 g/mol. The summed E-state index contributed by atoms with van der Waals surface area (Å²) in [5.41, 5.74) is 6.15. The maximum Gasteiger partial charge on any atom is 0.208 e. The van der Waals surface area contributed by atoms with E-state index < -0.39 is 0 Å². The fourth-order valence-corrected chi connectivity index (χ4v) is 0.962. The van der Waals surface area contributed by atoms with Crippen molar-refractivity contribution in [2.45, 2.75) is 6.61 Å². The second-order valence-electron chi connectivity index (χ2n) is 2.90. The van der Waals surface area contributed by atoms with Gasteiger partial charge < -0.3 is 10.5 Å². The third kappa shape index (κ3) is 4.08. The van der Waals surface area contributed by atoms with E-state index in [9.17, 15) is 4.79 Å². The number of hydrogen-bond donors (Lipinski definition) is 2. The van der Waals surface area contributed by atoms with Gasteiger partial charge in [-0.2, -0.15) is 0 Å². The number of nitrogens with two attached hydrogens (primary N) is 1. The van der Waals surface area contributed by atoms with Gasteiger partial charge in [0, 0.05) is 6.08 Å². The van der Waals surface area contributed by atoms with E-state index in [-0.39, 0.29) is 11.6 Å². The van der Waals surface area contributed by atoms with Crippen LogP contribution in [0.4, 0.5) is 0 Å². The minimum atomic E-state index is -0.122. The topological polar surface area (TPSA) is 76.2 Å². The van der Waals surface area contributed by atoms with Crippen molar-refractivity contribution in [3.8, 4) is 0 Å². The van der Waals surface area contributed by atoms with Crippen LogP contribution in [0.2, 0.25) is 0 Å². The van der Waals surface area contributed by atoms with Gasteiger partial charge in [0.1, 0.15) is 6.61 Å². The van der Waals surface area contributed by atoms with Gasteiger partial charge in [-0.3, -0.25) is 10.2 Å². The van der Waals surface area contributed by atoms with E-state index >= 15 is 0 Å². The number of nitrogens with one attached hydrogen (secondary N) is 1. The second-order valence-corrected chi connectivity index (χ2v) is 2.90. The van der Waals surface area contributed by atoms with Gasteiger partial charge in [-0.05, 0) is 5.56 Å². The first kappa shape index (κ1) is 11.0. The molecule has 0 heterocycles. The molecular formula is C11H12N2O2. The molecule has 0 fully saturated rings. The fourth-order valence-electron chi connectivity index (χ4n) is 0.962. The molecule has 0 amide bonds. The van der Waals surface area contributed by atoms with E-state index in [1.165, 1.54) is 6.08 Å². The van der Waals surface area contributed by atoms with Crippen molar-refractivity contribution in [1.29, 1.82) is 5.41 Å². The van der Waals surface area contributed by atoms with Crippen molar-refractivity contribution < 1.29 is 9.53 Å². The standard InChI is InChI=1S/C11H12N2O2/c12-10(7-14)6-11(13)15-8-9-4-2-1-3-5-9/h1-7,13H,8,12H2/b10-6-,13-11?. The zero-order valence-corrected chi connectivity index (χ0v) is 8.14. The summed E-state index contributed by atoms with van der Waals surface area (Å²) in [6.45, 7) is 0.294. The Morgan fingerprint density at radius 2 is 2.07 bits per heavy atom. The summed E-state index contributed by atoms with van der Waals surface area (Å²) in [6, 6.07) is 9.45. The van der Waals surface area contributed by atoms with Crippen LogP contribution >= 0.6 is 0 Å². The lowest BCUT2D eigenvalue weighted by molar-refractivity contribution is -0.104. The van der Waals surface area contributed by atoms with Crippen LogP contribution in [0, 0.1) is 5.41 Å². The van der Waals surface area contributed by atoms with Gasteiger partial charge in [-0.15, -0.1) is 0 Å². The van der Waals surface area contributed by atoms with Gasteiger partial charge in [-0.25, -0.2) is 0 Å². The van der Waals surface area contributed by atoms with Crippen molar-refractivity contribution in [2.24, 2.45) is 5.73 Å². The zero-order valence-electron chi connectivity index (χ0n) is 8.14. The molecule has 0 bridgehead atoms. The largest absolute Gasteiger partial charge is 0.473 e. The van der Waals surface area contributed by atoms with E-state index in [4.69, 9.17) is 15.9 Å². The second kappa shape index (κ2) is 5.59. The number of carbonyl (C=O) groups is 1. The molecule has 0 spiro atoms. The normalized spacial score (nSPS) is 10.8. The predicted octanol–water partition coefficient (Wildman–Crippen LogP) is 1.22. The van der Waals surface area contributed by atoms with Crippen LogP contribution in [0.15, 0.2) is 42.1 Å². The maximum absolute atomic E-state index is 10.2. The predicted molar refractivity (Wildman–Crippen MR) is 57.3 cm³/mol. The molecule has 15 heavy (non-hydrogen) atoms. The average molecular weight is 204 g/mol. The number of benzene rings is 1. The van der Waals surface area contributed by atoms with Gasteiger partial charge in [0.2, 0.25) is 5.90 Å². The molecule has 0 radical (unpaired) electrons. The first-order chi connectivity index (χ1) is 7.22. The Hall–Kier alpha value is -2.10. The minimum Gasteiger partial charge on any atom is -0.473 e. The highest BCUT2D eigenvalue weighted by Crippen LogP contribution is 2.01. The number of aldehydes is 1. The lowest BCUT2D eigenvalue weighted by Crippen LogP contribution is -2.06. The Morgan fingerprint density at radius 3 is 2.67 bits per heavy atom. The minimum absolute atomic E-state index is 0.0203. The average Bonchev–Trinajstić information content (AvgIpc) is 2.27. The molecule has 0 unspecified atom stereocenters. The van der Waals surface area contributed by atoms with Crippen LogP contribution in [0.1, 0.15) is 5.56 Å². The van der Waals surface area contributed by atoms with Crippen molar-refractivity contribution in [3.05, 3.63) is 47.7 Å². The van der Waals surface area contributed by atoms with Crippen LogP contribution in [-0.4, -0.2) is 12.2 Å². The Bertz CT molecular complexity index is 371. The zero-order chi connectivity index (χ0) is 11.1. The van der Waals surface area contributed by atoms with Crippen molar-refractivity contribution in [2.75, 3.05) is 0 Å². The third-order valence-electron chi connectivity index (χ3n) is 1.67. The van der Waals surface area contributed by atoms with Gasteiger partial charge in [0.25, 0.3) is 0 Å².